The quantitative estimate of drug-likeness (QED) is 0.234. The number of nitrogens with one attached hydrogen (secondary N) is 2. The number of benzene rings is 1. The third-order valence-electron chi connectivity index (χ3n) is 5.95. The van der Waals surface area contributed by atoms with Gasteiger partial charge in [-0.2, -0.15) is 0 Å². The molecule has 2 aromatic rings. The zero-order valence-corrected chi connectivity index (χ0v) is 18.5. The van der Waals surface area contributed by atoms with Gasteiger partial charge in [-0.1, -0.05) is 43.9 Å². The SMILES string of the molecule is O=[N+]([O-])OCCCNCCCCCCCCNc1c2c(nc3ccccc13)CCCC2. The molecule has 0 aliphatic heterocycles. The maximum atomic E-state index is 10.0. The summed E-state index contributed by atoms with van der Waals surface area (Å²) in [6.45, 7) is 2.94. The Kier molecular flexibility index (Phi) is 9.83. The van der Waals surface area contributed by atoms with Crippen LogP contribution in [0.2, 0.25) is 0 Å². The van der Waals surface area contributed by atoms with Gasteiger partial charge in [0.15, 0.2) is 0 Å². The number of rotatable bonds is 15. The van der Waals surface area contributed by atoms with E-state index in [1.54, 1.807) is 0 Å². The van der Waals surface area contributed by atoms with Crippen LogP contribution in [0, 0.1) is 10.1 Å². The molecule has 3 rings (SSSR count). The van der Waals surface area contributed by atoms with Gasteiger partial charge in [0.1, 0.15) is 0 Å². The molecule has 0 saturated heterocycles. The minimum absolute atomic E-state index is 0.173. The number of anilines is 1. The molecule has 0 atom stereocenters. The number of pyridine rings is 1. The lowest BCUT2D eigenvalue weighted by molar-refractivity contribution is -0.757. The zero-order valence-electron chi connectivity index (χ0n) is 18.5. The van der Waals surface area contributed by atoms with E-state index >= 15 is 0 Å². The number of hydrogen-bond acceptors (Lipinski definition) is 6. The van der Waals surface area contributed by atoms with Crippen molar-refractivity contribution in [1.29, 1.82) is 0 Å². The van der Waals surface area contributed by atoms with Gasteiger partial charge in [-0.05, 0) is 69.7 Å². The van der Waals surface area contributed by atoms with E-state index in [2.05, 4.69) is 39.7 Å². The van der Waals surface area contributed by atoms with Crippen molar-refractivity contribution in [2.45, 2.75) is 70.6 Å². The molecule has 1 aromatic heterocycles. The first-order valence-electron chi connectivity index (χ1n) is 11.9. The molecule has 31 heavy (non-hydrogen) atoms. The van der Waals surface area contributed by atoms with Crippen molar-refractivity contribution >= 4 is 16.6 Å². The van der Waals surface area contributed by atoms with E-state index in [9.17, 15) is 10.1 Å². The van der Waals surface area contributed by atoms with Crippen LogP contribution in [-0.4, -0.2) is 36.3 Å². The molecule has 0 fully saturated rings. The van der Waals surface area contributed by atoms with Crippen LogP contribution in [0.1, 0.15) is 69.0 Å². The van der Waals surface area contributed by atoms with Crippen molar-refractivity contribution in [2.24, 2.45) is 0 Å². The molecule has 1 aliphatic carbocycles. The van der Waals surface area contributed by atoms with Gasteiger partial charge in [-0.3, -0.25) is 4.98 Å². The van der Waals surface area contributed by atoms with Crippen molar-refractivity contribution in [2.75, 3.05) is 31.6 Å². The highest BCUT2D eigenvalue weighted by Crippen LogP contribution is 2.33. The van der Waals surface area contributed by atoms with Crippen LogP contribution < -0.4 is 10.6 Å². The maximum absolute atomic E-state index is 10.0. The van der Waals surface area contributed by atoms with Crippen molar-refractivity contribution in [1.82, 2.24) is 10.3 Å². The Labute approximate surface area is 185 Å². The van der Waals surface area contributed by atoms with E-state index in [0.29, 0.717) is 6.42 Å². The summed E-state index contributed by atoms with van der Waals surface area (Å²) in [4.78, 5) is 19.2. The third-order valence-corrected chi connectivity index (χ3v) is 5.95. The molecular formula is C24H36N4O3. The van der Waals surface area contributed by atoms with Crippen molar-refractivity contribution in [3.8, 4) is 0 Å². The Morgan fingerprint density at radius 2 is 1.65 bits per heavy atom. The van der Waals surface area contributed by atoms with Crippen molar-refractivity contribution < 1.29 is 9.92 Å². The number of fused-ring (bicyclic) bond motifs is 2. The summed E-state index contributed by atoms with van der Waals surface area (Å²) in [5, 5.41) is 17.6. The van der Waals surface area contributed by atoms with E-state index in [1.807, 2.05) is 0 Å². The molecule has 2 N–H and O–H groups in total. The van der Waals surface area contributed by atoms with Crippen LogP contribution >= 0.6 is 0 Å². The number of para-hydroxylation sites is 1. The molecule has 0 spiro atoms. The predicted octanol–water partition coefficient (Wildman–Crippen LogP) is 5.05. The first kappa shape index (κ1) is 23.3. The average molecular weight is 429 g/mol. The fourth-order valence-electron chi connectivity index (χ4n) is 4.33. The third kappa shape index (κ3) is 7.65. The highest BCUT2D eigenvalue weighted by atomic mass is 16.9. The largest absolute Gasteiger partial charge is 0.384 e. The fourth-order valence-corrected chi connectivity index (χ4v) is 4.33. The Hall–Kier alpha value is -2.41. The second-order valence-electron chi connectivity index (χ2n) is 8.34. The summed E-state index contributed by atoms with van der Waals surface area (Å²) in [5.74, 6) is 0. The van der Waals surface area contributed by atoms with Gasteiger partial charge in [-0.15, -0.1) is 10.1 Å². The summed E-state index contributed by atoms with van der Waals surface area (Å²) in [5.41, 5.74) is 5.19. The average Bonchev–Trinajstić information content (AvgIpc) is 2.78. The van der Waals surface area contributed by atoms with Gasteiger partial charge >= 0.3 is 0 Å². The molecular weight excluding hydrogens is 392 g/mol. The second-order valence-corrected chi connectivity index (χ2v) is 8.34. The smallest absolute Gasteiger partial charge is 0.294 e. The molecule has 0 unspecified atom stereocenters. The topological polar surface area (TPSA) is 89.3 Å². The van der Waals surface area contributed by atoms with Gasteiger partial charge in [-0.25, -0.2) is 0 Å². The van der Waals surface area contributed by atoms with Crippen LogP contribution in [0.3, 0.4) is 0 Å². The molecule has 1 heterocycles. The summed E-state index contributed by atoms with van der Waals surface area (Å²) >= 11 is 0. The van der Waals surface area contributed by atoms with E-state index in [0.717, 1.165) is 44.4 Å². The van der Waals surface area contributed by atoms with Gasteiger partial charge in [0.2, 0.25) is 0 Å². The Balaban J connectivity index is 1.27. The number of hydrogen-bond donors (Lipinski definition) is 2. The summed E-state index contributed by atoms with van der Waals surface area (Å²) in [6, 6.07) is 8.52. The van der Waals surface area contributed by atoms with Crippen LogP contribution in [-0.2, 0) is 17.7 Å². The van der Waals surface area contributed by atoms with Crippen molar-refractivity contribution in [3.05, 3.63) is 45.6 Å². The Morgan fingerprint density at radius 3 is 2.48 bits per heavy atom. The van der Waals surface area contributed by atoms with E-state index < -0.39 is 5.09 Å². The monoisotopic (exact) mass is 428 g/mol. The van der Waals surface area contributed by atoms with Gasteiger partial charge in [0.05, 0.1) is 12.1 Å². The van der Waals surface area contributed by atoms with Gasteiger partial charge in [0, 0.05) is 23.3 Å². The maximum Gasteiger partial charge on any atom is 0.294 e. The predicted molar refractivity (Wildman–Crippen MR) is 125 cm³/mol. The Morgan fingerprint density at radius 1 is 0.935 bits per heavy atom. The van der Waals surface area contributed by atoms with Gasteiger partial charge < -0.3 is 15.5 Å². The van der Waals surface area contributed by atoms with E-state index in [4.69, 9.17) is 4.98 Å². The highest BCUT2D eigenvalue weighted by Gasteiger charge is 2.17. The lowest BCUT2D eigenvalue weighted by Gasteiger charge is -2.21. The van der Waals surface area contributed by atoms with Crippen LogP contribution in [0.25, 0.3) is 10.9 Å². The molecule has 1 aliphatic rings. The second kappa shape index (κ2) is 13.1. The first-order chi connectivity index (χ1) is 15.3. The first-order valence-corrected chi connectivity index (χ1v) is 11.9. The molecule has 0 bridgehead atoms. The minimum atomic E-state index is -0.734. The lowest BCUT2D eigenvalue weighted by atomic mass is 9.92. The molecule has 7 heteroatoms. The van der Waals surface area contributed by atoms with Crippen molar-refractivity contribution in [3.63, 3.8) is 0 Å². The Bertz CT molecular complexity index is 828. The molecule has 0 amide bonds. The molecule has 1 aromatic carbocycles. The van der Waals surface area contributed by atoms with Crippen LogP contribution in [0.4, 0.5) is 5.69 Å². The van der Waals surface area contributed by atoms with Crippen LogP contribution in [0.5, 0.6) is 0 Å². The fraction of sp³-hybridized carbons (Fsp3) is 0.625. The minimum Gasteiger partial charge on any atom is -0.384 e. The lowest BCUT2D eigenvalue weighted by Crippen LogP contribution is -2.18. The number of aromatic nitrogens is 1. The summed E-state index contributed by atoms with van der Waals surface area (Å²) in [7, 11) is 0. The molecule has 0 saturated carbocycles. The van der Waals surface area contributed by atoms with Gasteiger partial charge in [0.25, 0.3) is 5.09 Å². The molecule has 7 nitrogen and oxygen atoms in total. The zero-order chi connectivity index (χ0) is 21.7. The number of unbranched alkanes of at least 4 members (excludes halogenated alkanes) is 5. The molecule has 0 radical (unpaired) electrons. The number of nitrogens with zero attached hydrogens (tertiary/aromatic N) is 2. The number of aryl methyl sites for hydroxylation is 1. The normalized spacial score (nSPS) is 13.2. The standard InChI is InChI=1S/C24H36N4O3/c29-28(30)31-19-11-17-25-16-9-3-1-2-4-10-18-26-24-20-12-5-7-14-22(20)27-23-15-8-6-13-21(23)24/h5,7,12,14,25H,1-4,6,8-11,13,15-19H2,(H,26,27). The van der Waals surface area contributed by atoms with E-state index in [-0.39, 0.29) is 6.61 Å². The van der Waals surface area contributed by atoms with E-state index in [1.165, 1.54) is 67.3 Å². The summed E-state index contributed by atoms with van der Waals surface area (Å²) < 4.78 is 0. The summed E-state index contributed by atoms with van der Waals surface area (Å²) in [6.07, 6.45) is 12.8. The highest BCUT2D eigenvalue weighted by molar-refractivity contribution is 5.93. The van der Waals surface area contributed by atoms with Crippen LogP contribution in [0.15, 0.2) is 24.3 Å². The molecule has 170 valence electrons.